The summed E-state index contributed by atoms with van der Waals surface area (Å²) in [6.07, 6.45) is 6.84. The first-order valence-electron chi connectivity index (χ1n) is 9.80. The third-order valence-electron chi connectivity index (χ3n) is 5.93. The van der Waals surface area contributed by atoms with Crippen LogP contribution in [0.5, 0.6) is 5.75 Å². The van der Waals surface area contributed by atoms with Gasteiger partial charge in [-0.2, -0.15) is 0 Å². The van der Waals surface area contributed by atoms with Crippen LogP contribution in [0.3, 0.4) is 0 Å². The van der Waals surface area contributed by atoms with E-state index in [1.54, 1.807) is 36.7 Å². The van der Waals surface area contributed by atoms with Crippen molar-refractivity contribution in [3.05, 3.63) is 59.9 Å². The van der Waals surface area contributed by atoms with Gasteiger partial charge < -0.3 is 14.9 Å². The van der Waals surface area contributed by atoms with E-state index in [1.807, 2.05) is 21.9 Å². The average molecular weight is 379 g/mol. The highest BCUT2D eigenvalue weighted by Gasteiger charge is 2.42. The highest BCUT2D eigenvalue weighted by atomic mass is 16.3. The number of piperidine rings is 2. The van der Waals surface area contributed by atoms with Crippen LogP contribution in [0.15, 0.2) is 48.8 Å². The fourth-order valence-electron chi connectivity index (χ4n) is 4.46. The lowest BCUT2D eigenvalue weighted by molar-refractivity contribution is -0.139. The standard InChI is InChI=1S/C22H25N3O3/c26-19-4-2-18(3-5-19)21(28)24-13-1-9-22(15-24)10-6-20(27)25(16-22)14-17-7-11-23-12-8-17/h2-5,7-8,11-12,26H,1,6,9-10,13-16H2/t22-/m0/s1. The number of aromatic nitrogens is 1. The third-order valence-corrected chi connectivity index (χ3v) is 5.93. The first kappa shape index (κ1) is 18.5. The molecule has 2 amide bonds. The molecule has 1 atom stereocenters. The minimum Gasteiger partial charge on any atom is -0.508 e. The van der Waals surface area contributed by atoms with Gasteiger partial charge in [0.25, 0.3) is 5.91 Å². The summed E-state index contributed by atoms with van der Waals surface area (Å²) < 4.78 is 0. The molecule has 4 rings (SSSR count). The van der Waals surface area contributed by atoms with Crippen LogP contribution in [-0.4, -0.2) is 51.3 Å². The van der Waals surface area contributed by atoms with Gasteiger partial charge in [-0.1, -0.05) is 0 Å². The molecule has 0 radical (unpaired) electrons. The maximum absolute atomic E-state index is 12.9. The quantitative estimate of drug-likeness (QED) is 0.890. The van der Waals surface area contributed by atoms with Crippen molar-refractivity contribution in [1.82, 2.24) is 14.8 Å². The van der Waals surface area contributed by atoms with E-state index >= 15 is 0 Å². The molecule has 0 unspecified atom stereocenters. The van der Waals surface area contributed by atoms with Crippen LogP contribution in [0, 0.1) is 5.41 Å². The molecule has 146 valence electrons. The lowest BCUT2D eigenvalue weighted by Crippen LogP contribution is -2.54. The van der Waals surface area contributed by atoms with Crippen LogP contribution >= 0.6 is 0 Å². The number of carbonyl (C=O) groups is 2. The Kier molecular flexibility index (Phi) is 5.03. The topological polar surface area (TPSA) is 73.7 Å². The lowest BCUT2D eigenvalue weighted by Gasteiger charge is -2.48. The average Bonchev–Trinajstić information content (AvgIpc) is 2.72. The number of nitrogens with zero attached hydrogens (tertiary/aromatic N) is 3. The summed E-state index contributed by atoms with van der Waals surface area (Å²) in [4.78, 5) is 33.3. The molecule has 0 bridgehead atoms. The molecule has 2 saturated heterocycles. The van der Waals surface area contributed by atoms with Crippen molar-refractivity contribution in [3.8, 4) is 5.75 Å². The minimum absolute atomic E-state index is 0.00309. The molecule has 2 aliphatic heterocycles. The Morgan fingerprint density at radius 1 is 1.07 bits per heavy atom. The number of aromatic hydroxyl groups is 1. The second-order valence-electron chi connectivity index (χ2n) is 7.98. The number of likely N-dealkylation sites (tertiary alicyclic amines) is 2. The monoisotopic (exact) mass is 379 g/mol. The summed E-state index contributed by atoms with van der Waals surface area (Å²) in [5.74, 6) is 0.338. The van der Waals surface area contributed by atoms with Gasteiger partial charge in [-0.15, -0.1) is 0 Å². The maximum Gasteiger partial charge on any atom is 0.253 e. The predicted molar refractivity (Wildman–Crippen MR) is 105 cm³/mol. The zero-order chi connectivity index (χ0) is 19.6. The molecular formula is C22H25N3O3. The summed E-state index contributed by atoms with van der Waals surface area (Å²) >= 11 is 0. The molecular weight excluding hydrogens is 354 g/mol. The molecule has 2 aromatic rings. The van der Waals surface area contributed by atoms with Crippen LogP contribution in [0.2, 0.25) is 0 Å². The van der Waals surface area contributed by atoms with E-state index in [0.717, 1.165) is 31.4 Å². The molecule has 2 aliphatic rings. The van der Waals surface area contributed by atoms with Crippen molar-refractivity contribution in [2.75, 3.05) is 19.6 Å². The minimum atomic E-state index is -0.0359. The SMILES string of the molecule is O=C1CC[C@]2(CCCN(C(=O)c3ccc(O)cc3)C2)CN1Cc1ccncc1. The number of hydrogen-bond donors (Lipinski definition) is 1. The van der Waals surface area contributed by atoms with E-state index < -0.39 is 0 Å². The largest absolute Gasteiger partial charge is 0.508 e. The van der Waals surface area contributed by atoms with Gasteiger partial charge in [-0.05, 0) is 61.2 Å². The highest BCUT2D eigenvalue weighted by molar-refractivity contribution is 5.94. The van der Waals surface area contributed by atoms with Crippen LogP contribution < -0.4 is 0 Å². The van der Waals surface area contributed by atoms with Gasteiger partial charge in [0.15, 0.2) is 0 Å². The molecule has 1 aromatic carbocycles. The fraction of sp³-hybridized carbons (Fsp3) is 0.409. The van der Waals surface area contributed by atoms with E-state index in [4.69, 9.17) is 0 Å². The van der Waals surface area contributed by atoms with Crippen LogP contribution in [0.4, 0.5) is 0 Å². The van der Waals surface area contributed by atoms with Crippen molar-refractivity contribution < 1.29 is 14.7 Å². The number of carbonyl (C=O) groups excluding carboxylic acids is 2. The highest BCUT2D eigenvalue weighted by Crippen LogP contribution is 2.39. The number of amides is 2. The molecule has 1 spiro atoms. The molecule has 1 aromatic heterocycles. The Morgan fingerprint density at radius 3 is 2.57 bits per heavy atom. The smallest absolute Gasteiger partial charge is 0.253 e. The predicted octanol–water partition coefficient (Wildman–Crippen LogP) is 2.83. The van der Waals surface area contributed by atoms with Crippen molar-refractivity contribution >= 4 is 11.8 Å². The summed E-state index contributed by atoms with van der Waals surface area (Å²) in [5.41, 5.74) is 1.63. The fourth-order valence-corrected chi connectivity index (χ4v) is 4.46. The van der Waals surface area contributed by atoms with Crippen LogP contribution in [-0.2, 0) is 11.3 Å². The summed E-state index contributed by atoms with van der Waals surface area (Å²) in [5, 5.41) is 9.46. The van der Waals surface area contributed by atoms with E-state index in [9.17, 15) is 14.7 Å². The first-order chi connectivity index (χ1) is 13.5. The molecule has 6 heteroatoms. The van der Waals surface area contributed by atoms with Gasteiger partial charge in [-0.3, -0.25) is 14.6 Å². The van der Waals surface area contributed by atoms with Gasteiger partial charge in [-0.25, -0.2) is 0 Å². The van der Waals surface area contributed by atoms with Gasteiger partial charge in [0.05, 0.1) is 0 Å². The lowest BCUT2D eigenvalue weighted by atomic mass is 9.73. The zero-order valence-corrected chi connectivity index (χ0v) is 15.9. The van der Waals surface area contributed by atoms with Gasteiger partial charge in [0.2, 0.25) is 5.91 Å². The Labute approximate surface area is 164 Å². The van der Waals surface area contributed by atoms with Gasteiger partial charge in [0, 0.05) is 56.0 Å². The number of rotatable bonds is 3. The van der Waals surface area contributed by atoms with Crippen molar-refractivity contribution in [3.63, 3.8) is 0 Å². The summed E-state index contributed by atoms with van der Waals surface area (Å²) in [7, 11) is 0. The van der Waals surface area contributed by atoms with E-state index in [1.165, 1.54) is 0 Å². The van der Waals surface area contributed by atoms with Crippen LogP contribution in [0.1, 0.15) is 41.6 Å². The van der Waals surface area contributed by atoms with Gasteiger partial charge >= 0.3 is 0 Å². The number of phenolic OH excluding ortho intramolecular Hbond substituents is 1. The van der Waals surface area contributed by atoms with Crippen LogP contribution in [0.25, 0.3) is 0 Å². The molecule has 6 nitrogen and oxygen atoms in total. The molecule has 1 N–H and O–H groups in total. The van der Waals surface area contributed by atoms with Gasteiger partial charge in [0.1, 0.15) is 5.75 Å². The van der Waals surface area contributed by atoms with Crippen molar-refractivity contribution in [2.24, 2.45) is 5.41 Å². The van der Waals surface area contributed by atoms with E-state index in [-0.39, 0.29) is 23.0 Å². The Bertz CT molecular complexity index is 853. The number of hydrogen-bond acceptors (Lipinski definition) is 4. The Balaban J connectivity index is 1.48. The second-order valence-corrected chi connectivity index (χ2v) is 7.98. The molecule has 28 heavy (non-hydrogen) atoms. The molecule has 0 aliphatic carbocycles. The van der Waals surface area contributed by atoms with E-state index in [2.05, 4.69) is 4.98 Å². The first-order valence-corrected chi connectivity index (χ1v) is 9.80. The van der Waals surface area contributed by atoms with Crippen molar-refractivity contribution in [2.45, 2.75) is 32.2 Å². The number of pyridine rings is 1. The Morgan fingerprint density at radius 2 is 1.82 bits per heavy atom. The summed E-state index contributed by atoms with van der Waals surface area (Å²) in [6.45, 7) is 2.69. The third kappa shape index (κ3) is 3.86. The number of benzene rings is 1. The molecule has 2 fully saturated rings. The Hall–Kier alpha value is -2.89. The summed E-state index contributed by atoms with van der Waals surface area (Å²) in [6, 6.07) is 10.3. The molecule has 0 saturated carbocycles. The normalized spacial score (nSPS) is 22.5. The maximum atomic E-state index is 12.9. The van der Waals surface area contributed by atoms with Crippen molar-refractivity contribution in [1.29, 1.82) is 0 Å². The number of phenols is 1. The second kappa shape index (κ2) is 7.62. The zero-order valence-electron chi connectivity index (χ0n) is 15.9. The molecule has 3 heterocycles. The van der Waals surface area contributed by atoms with E-state index in [0.29, 0.717) is 31.6 Å².